The molecule has 0 saturated heterocycles. The van der Waals surface area contributed by atoms with E-state index < -0.39 is 0 Å². The van der Waals surface area contributed by atoms with Crippen molar-refractivity contribution in [1.82, 2.24) is 5.32 Å². The van der Waals surface area contributed by atoms with Crippen molar-refractivity contribution in [2.45, 2.75) is 31.7 Å². The molecular weight excluding hydrogens is 338 g/mol. The Morgan fingerprint density at radius 1 is 0.960 bits per heavy atom. The molecule has 0 atom stereocenters. The van der Waals surface area contributed by atoms with E-state index in [1.165, 1.54) is 12.8 Å². The number of amides is 1. The van der Waals surface area contributed by atoms with E-state index in [9.17, 15) is 9.59 Å². The number of hydrogen-bond donors (Lipinski definition) is 1. The molecule has 0 aliphatic heterocycles. The van der Waals surface area contributed by atoms with Crippen LogP contribution in [-0.4, -0.2) is 24.3 Å². The van der Waals surface area contributed by atoms with Crippen molar-refractivity contribution in [3.8, 4) is 5.75 Å². The average Bonchev–Trinajstić information content (AvgIpc) is 3.13. The maximum absolute atomic E-state index is 12.4. The topological polar surface area (TPSA) is 55.4 Å². The molecule has 2 aromatic rings. The van der Waals surface area contributed by atoms with E-state index in [4.69, 9.17) is 16.3 Å². The second-order valence-corrected chi connectivity index (χ2v) is 6.63. The third-order valence-corrected chi connectivity index (χ3v) is 4.57. The summed E-state index contributed by atoms with van der Waals surface area (Å²) in [4.78, 5) is 24.2. The summed E-state index contributed by atoms with van der Waals surface area (Å²) in [6.07, 6.45) is 4.45. The summed E-state index contributed by atoms with van der Waals surface area (Å²) in [6, 6.07) is 13.9. The molecule has 0 bridgehead atoms. The minimum absolute atomic E-state index is 0.0129. The number of carbonyl (C=O) groups is 2. The fourth-order valence-corrected chi connectivity index (χ4v) is 3.08. The Balaban J connectivity index is 1.53. The van der Waals surface area contributed by atoms with Crippen molar-refractivity contribution in [2.24, 2.45) is 0 Å². The molecule has 0 spiro atoms. The molecule has 1 aliphatic carbocycles. The highest BCUT2D eigenvalue weighted by molar-refractivity contribution is 6.30. The molecule has 1 fully saturated rings. The predicted octanol–water partition coefficient (Wildman–Crippen LogP) is 4.01. The lowest BCUT2D eigenvalue weighted by atomic mass is 10.0. The first-order valence-corrected chi connectivity index (χ1v) is 8.82. The highest BCUT2D eigenvalue weighted by atomic mass is 35.5. The third-order valence-electron chi connectivity index (χ3n) is 4.31. The summed E-state index contributed by atoms with van der Waals surface area (Å²) >= 11 is 5.84. The van der Waals surface area contributed by atoms with Crippen LogP contribution in [0.4, 0.5) is 0 Å². The predicted molar refractivity (Wildman–Crippen MR) is 97.2 cm³/mol. The molecule has 1 aliphatic rings. The molecule has 0 unspecified atom stereocenters. The zero-order chi connectivity index (χ0) is 17.6. The van der Waals surface area contributed by atoms with Gasteiger partial charge in [-0.05, 0) is 61.4 Å². The van der Waals surface area contributed by atoms with Gasteiger partial charge in [0, 0.05) is 22.2 Å². The molecule has 1 N–H and O–H groups in total. The van der Waals surface area contributed by atoms with Crippen LogP contribution in [-0.2, 0) is 4.79 Å². The van der Waals surface area contributed by atoms with E-state index in [0.717, 1.165) is 12.8 Å². The molecule has 0 aromatic heterocycles. The van der Waals surface area contributed by atoms with E-state index in [1.54, 1.807) is 48.5 Å². The van der Waals surface area contributed by atoms with Gasteiger partial charge in [0.2, 0.25) is 0 Å². The van der Waals surface area contributed by atoms with Gasteiger partial charge in [0.05, 0.1) is 0 Å². The number of benzene rings is 2. The molecule has 2 aromatic carbocycles. The number of hydrogen-bond acceptors (Lipinski definition) is 3. The average molecular weight is 358 g/mol. The van der Waals surface area contributed by atoms with Gasteiger partial charge in [0.1, 0.15) is 5.75 Å². The van der Waals surface area contributed by atoms with E-state index in [0.29, 0.717) is 21.9 Å². The highest BCUT2D eigenvalue weighted by Crippen LogP contribution is 2.18. The Morgan fingerprint density at radius 2 is 1.52 bits per heavy atom. The minimum atomic E-state index is -0.104. The van der Waals surface area contributed by atoms with Crippen LogP contribution in [0.5, 0.6) is 5.75 Å². The van der Waals surface area contributed by atoms with Crippen LogP contribution in [0, 0.1) is 0 Å². The van der Waals surface area contributed by atoms with Crippen LogP contribution in [0.3, 0.4) is 0 Å². The van der Waals surface area contributed by atoms with Gasteiger partial charge in [-0.1, -0.05) is 24.4 Å². The Morgan fingerprint density at radius 3 is 2.12 bits per heavy atom. The van der Waals surface area contributed by atoms with Crippen LogP contribution in [0.15, 0.2) is 48.5 Å². The van der Waals surface area contributed by atoms with Crippen LogP contribution in [0.1, 0.15) is 41.6 Å². The normalized spacial score (nSPS) is 14.3. The molecule has 1 amide bonds. The molecular formula is C20H20ClNO3. The first kappa shape index (κ1) is 17.5. The first-order valence-electron chi connectivity index (χ1n) is 8.44. The van der Waals surface area contributed by atoms with Gasteiger partial charge in [-0.15, -0.1) is 0 Å². The van der Waals surface area contributed by atoms with Gasteiger partial charge < -0.3 is 10.1 Å². The largest absolute Gasteiger partial charge is 0.484 e. The van der Waals surface area contributed by atoms with E-state index in [1.807, 2.05) is 0 Å². The second kappa shape index (κ2) is 8.17. The molecule has 25 heavy (non-hydrogen) atoms. The lowest BCUT2D eigenvalue weighted by Gasteiger charge is -2.12. The number of ketones is 1. The fourth-order valence-electron chi connectivity index (χ4n) is 2.96. The molecule has 130 valence electrons. The van der Waals surface area contributed by atoms with Gasteiger partial charge in [0.25, 0.3) is 5.91 Å². The first-order chi connectivity index (χ1) is 12.1. The SMILES string of the molecule is O=C(COc1ccc(C(=O)c2ccc(Cl)cc2)cc1)NC1CCCC1. The molecule has 4 nitrogen and oxygen atoms in total. The summed E-state index contributed by atoms with van der Waals surface area (Å²) < 4.78 is 5.49. The number of halogens is 1. The Labute approximate surface area is 152 Å². The molecule has 0 radical (unpaired) electrons. The minimum Gasteiger partial charge on any atom is -0.484 e. The summed E-state index contributed by atoms with van der Waals surface area (Å²) in [7, 11) is 0. The van der Waals surface area contributed by atoms with Gasteiger partial charge in [-0.2, -0.15) is 0 Å². The maximum atomic E-state index is 12.4. The van der Waals surface area contributed by atoms with E-state index >= 15 is 0 Å². The lowest BCUT2D eigenvalue weighted by Crippen LogP contribution is -2.36. The van der Waals surface area contributed by atoms with Gasteiger partial charge in [-0.25, -0.2) is 0 Å². The molecule has 1 saturated carbocycles. The number of ether oxygens (including phenoxy) is 1. The van der Waals surface area contributed by atoms with Crippen molar-refractivity contribution < 1.29 is 14.3 Å². The smallest absolute Gasteiger partial charge is 0.258 e. The fraction of sp³-hybridized carbons (Fsp3) is 0.300. The monoisotopic (exact) mass is 357 g/mol. The van der Waals surface area contributed by atoms with Crippen molar-refractivity contribution >= 4 is 23.3 Å². The van der Waals surface area contributed by atoms with Gasteiger partial charge in [-0.3, -0.25) is 9.59 Å². The zero-order valence-electron chi connectivity index (χ0n) is 13.8. The van der Waals surface area contributed by atoms with Crippen molar-refractivity contribution in [3.05, 3.63) is 64.7 Å². The van der Waals surface area contributed by atoms with Gasteiger partial charge >= 0.3 is 0 Å². The Kier molecular flexibility index (Phi) is 5.71. The van der Waals surface area contributed by atoms with Crippen LogP contribution in [0.25, 0.3) is 0 Å². The number of nitrogens with one attached hydrogen (secondary N) is 1. The Bertz CT molecular complexity index is 735. The summed E-state index contributed by atoms with van der Waals surface area (Å²) in [5.74, 6) is 0.379. The third kappa shape index (κ3) is 4.83. The molecule has 5 heteroatoms. The summed E-state index contributed by atoms with van der Waals surface area (Å²) in [6.45, 7) is -0.0129. The van der Waals surface area contributed by atoms with E-state index in [-0.39, 0.29) is 24.3 Å². The summed E-state index contributed by atoms with van der Waals surface area (Å²) in [5.41, 5.74) is 1.14. The van der Waals surface area contributed by atoms with Crippen LogP contribution < -0.4 is 10.1 Å². The quantitative estimate of drug-likeness (QED) is 0.795. The van der Waals surface area contributed by atoms with Crippen molar-refractivity contribution in [2.75, 3.05) is 6.61 Å². The lowest BCUT2D eigenvalue weighted by molar-refractivity contribution is -0.123. The van der Waals surface area contributed by atoms with Crippen molar-refractivity contribution in [3.63, 3.8) is 0 Å². The van der Waals surface area contributed by atoms with Crippen LogP contribution >= 0.6 is 11.6 Å². The second-order valence-electron chi connectivity index (χ2n) is 6.20. The zero-order valence-corrected chi connectivity index (χ0v) is 14.6. The molecule has 3 rings (SSSR count). The highest BCUT2D eigenvalue weighted by Gasteiger charge is 2.17. The maximum Gasteiger partial charge on any atom is 0.258 e. The van der Waals surface area contributed by atoms with Crippen molar-refractivity contribution in [1.29, 1.82) is 0 Å². The summed E-state index contributed by atoms with van der Waals surface area (Å²) in [5, 5.41) is 3.57. The number of rotatable bonds is 6. The number of carbonyl (C=O) groups excluding carboxylic acids is 2. The van der Waals surface area contributed by atoms with Crippen LogP contribution in [0.2, 0.25) is 5.02 Å². The van der Waals surface area contributed by atoms with E-state index in [2.05, 4.69) is 5.32 Å². The Hall–Kier alpha value is -2.33. The molecule has 0 heterocycles. The standard InChI is InChI=1S/C20H20ClNO3/c21-16-9-5-14(6-10-16)20(24)15-7-11-18(12-8-15)25-13-19(23)22-17-3-1-2-4-17/h5-12,17H,1-4,13H2,(H,22,23). The van der Waals surface area contributed by atoms with Gasteiger partial charge in [0.15, 0.2) is 12.4 Å².